The van der Waals surface area contributed by atoms with E-state index in [-0.39, 0.29) is 0 Å². The number of ether oxygens (including phenoxy) is 2. The Labute approximate surface area is 89.9 Å². The summed E-state index contributed by atoms with van der Waals surface area (Å²) >= 11 is 4.10. The second-order valence-corrected chi connectivity index (χ2v) is 3.06. The number of thiol groups is 1. The minimum Gasteiger partial charge on any atom is -0.497 e. The van der Waals surface area contributed by atoms with Gasteiger partial charge in [0, 0.05) is 17.4 Å². The van der Waals surface area contributed by atoms with Crippen molar-refractivity contribution in [2.45, 2.75) is 0 Å². The van der Waals surface area contributed by atoms with Crippen LogP contribution in [0.1, 0.15) is 5.56 Å². The van der Waals surface area contributed by atoms with E-state index in [1.807, 2.05) is 30.4 Å². The van der Waals surface area contributed by atoms with Gasteiger partial charge in [-0.25, -0.2) is 0 Å². The van der Waals surface area contributed by atoms with E-state index in [1.54, 1.807) is 14.2 Å². The first-order valence-corrected chi connectivity index (χ1v) is 4.94. The summed E-state index contributed by atoms with van der Waals surface area (Å²) in [4.78, 5) is 0. The monoisotopic (exact) mass is 210 g/mol. The molecule has 0 radical (unpaired) electrons. The second-order valence-electron chi connectivity index (χ2n) is 2.69. The van der Waals surface area contributed by atoms with Gasteiger partial charge in [0.1, 0.15) is 11.5 Å². The van der Waals surface area contributed by atoms with Gasteiger partial charge in [-0.2, -0.15) is 12.6 Å². The van der Waals surface area contributed by atoms with Crippen LogP contribution in [-0.4, -0.2) is 20.0 Å². The molecule has 1 rings (SSSR count). The molecule has 0 aliphatic heterocycles. The Bertz CT molecular complexity index is 321. The first-order chi connectivity index (χ1) is 6.81. The van der Waals surface area contributed by atoms with Gasteiger partial charge in [-0.05, 0) is 12.1 Å². The van der Waals surface area contributed by atoms with Gasteiger partial charge >= 0.3 is 0 Å². The van der Waals surface area contributed by atoms with Gasteiger partial charge in [0.2, 0.25) is 0 Å². The fraction of sp³-hybridized carbons (Fsp3) is 0.273. The Morgan fingerprint density at radius 2 is 2.07 bits per heavy atom. The predicted molar refractivity (Wildman–Crippen MR) is 62.4 cm³/mol. The Kier molecular flexibility index (Phi) is 4.40. The quantitative estimate of drug-likeness (QED) is 0.770. The largest absolute Gasteiger partial charge is 0.497 e. The van der Waals surface area contributed by atoms with E-state index in [0.717, 1.165) is 22.8 Å². The molecule has 0 N–H and O–H groups in total. The molecule has 0 bridgehead atoms. The van der Waals surface area contributed by atoms with Crippen molar-refractivity contribution in [3.8, 4) is 11.5 Å². The molecule has 0 atom stereocenters. The highest BCUT2D eigenvalue weighted by atomic mass is 32.1. The first-order valence-electron chi connectivity index (χ1n) is 4.31. The molecule has 2 nitrogen and oxygen atoms in total. The van der Waals surface area contributed by atoms with Crippen LogP contribution in [0.3, 0.4) is 0 Å². The zero-order chi connectivity index (χ0) is 10.4. The molecule has 1 aromatic rings. The summed E-state index contributed by atoms with van der Waals surface area (Å²) in [5, 5.41) is 0. The van der Waals surface area contributed by atoms with Gasteiger partial charge in [0.15, 0.2) is 0 Å². The Balaban J connectivity index is 2.99. The molecular formula is C11H14O2S. The predicted octanol–water partition coefficient (Wildman–Crippen LogP) is 2.65. The molecule has 0 aliphatic carbocycles. The van der Waals surface area contributed by atoms with Crippen LogP contribution in [0, 0.1) is 0 Å². The van der Waals surface area contributed by atoms with E-state index in [4.69, 9.17) is 9.47 Å². The summed E-state index contributed by atoms with van der Waals surface area (Å²) in [6.07, 6.45) is 3.94. The summed E-state index contributed by atoms with van der Waals surface area (Å²) in [6.45, 7) is 0. The summed E-state index contributed by atoms with van der Waals surface area (Å²) in [5.41, 5.74) is 1.03. The van der Waals surface area contributed by atoms with Gasteiger partial charge in [-0.15, -0.1) is 0 Å². The highest BCUT2D eigenvalue weighted by molar-refractivity contribution is 7.80. The summed E-state index contributed by atoms with van der Waals surface area (Å²) in [5.74, 6) is 2.32. The molecule has 76 valence electrons. The fourth-order valence-corrected chi connectivity index (χ4v) is 1.24. The first kappa shape index (κ1) is 11.0. The molecule has 0 saturated carbocycles. The molecule has 3 heteroatoms. The molecule has 0 heterocycles. The Hall–Kier alpha value is -1.09. The Morgan fingerprint density at radius 3 is 2.64 bits per heavy atom. The average Bonchev–Trinajstić information content (AvgIpc) is 2.26. The number of hydrogen-bond acceptors (Lipinski definition) is 3. The van der Waals surface area contributed by atoms with Crippen molar-refractivity contribution in [2.24, 2.45) is 0 Å². The van der Waals surface area contributed by atoms with E-state index >= 15 is 0 Å². The van der Waals surface area contributed by atoms with Crippen molar-refractivity contribution < 1.29 is 9.47 Å². The van der Waals surface area contributed by atoms with Gasteiger partial charge in [-0.1, -0.05) is 12.2 Å². The normalized spacial score (nSPS) is 10.5. The van der Waals surface area contributed by atoms with E-state index in [2.05, 4.69) is 12.6 Å². The lowest BCUT2D eigenvalue weighted by molar-refractivity contribution is 0.394. The van der Waals surface area contributed by atoms with Crippen LogP contribution in [0.25, 0.3) is 6.08 Å². The van der Waals surface area contributed by atoms with Crippen LogP contribution < -0.4 is 9.47 Å². The number of hydrogen-bond donors (Lipinski definition) is 1. The van der Waals surface area contributed by atoms with Crippen molar-refractivity contribution in [3.05, 3.63) is 29.8 Å². The SMILES string of the molecule is COc1ccc(C=CCS)c(OC)c1. The molecule has 0 amide bonds. The highest BCUT2D eigenvalue weighted by Gasteiger charge is 2.00. The van der Waals surface area contributed by atoms with Crippen molar-refractivity contribution in [2.75, 3.05) is 20.0 Å². The maximum atomic E-state index is 5.23. The Morgan fingerprint density at radius 1 is 1.29 bits per heavy atom. The van der Waals surface area contributed by atoms with Gasteiger partial charge in [0.25, 0.3) is 0 Å². The summed E-state index contributed by atoms with van der Waals surface area (Å²) < 4.78 is 10.3. The minimum absolute atomic E-state index is 0.717. The van der Waals surface area contributed by atoms with E-state index in [1.165, 1.54) is 0 Å². The molecule has 0 aliphatic rings. The van der Waals surface area contributed by atoms with Crippen LogP contribution in [0.15, 0.2) is 24.3 Å². The third kappa shape index (κ3) is 2.70. The number of benzene rings is 1. The molecule has 0 unspecified atom stereocenters. The van der Waals surface area contributed by atoms with Crippen LogP contribution in [0.2, 0.25) is 0 Å². The average molecular weight is 210 g/mol. The molecule has 0 aromatic heterocycles. The molecule has 14 heavy (non-hydrogen) atoms. The van der Waals surface area contributed by atoms with Crippen molar-refractivity contribution in [3.63, 3.8) is 0 Å². The lowest BCUT2D eigenvalue weighted by Crippen LogP contribution is -1.89. The van der Waals surface area contributed by atoms with Crippen LogP contribution >= 0.6 is 12.6 Å². The van der Waals surface area contributed by atoms with Crippen LogP contribution in [0.5, 0.6) is 11.5 Å². The fourth-order valence-electron chi connectivity index (χ4n) is 1.14. The maximum Gasteiger partial charge on any atom is 0.129 e. The smallest absolute Gasteiger partial charge is 0.129 e. The van der Waals surface area contributed by atoms with Crippen molar-refractivity contribution in [1.29, 1.82) is 0 Å². The maximum absolute atomic E-state index is 5.23. The van der Waals surface area contributed by atoms with Gasteiger partial charge < -0.3 is 9.47 Å². The molecular weight excluding hydrogens is 196 g/mol. The van der Waals surface area contributed by atoms with Gasteiger partial charge in [0.05, 0.1) is 14.2 Å². The van der Waals surface area contributed by atoms with E-state index in [9.17, 15) is 0 Å². The topological polar surface area (TPSA) is 18.5 Å². The summed E-state index contributed by atoms with van der Waals surface area (Å²) in [7, 11) is 3.28. The molecule has 1 aromatic carbocycles. The molecule has 0 spiro atoms. The van der Waals surface area contributed by atoms with Gasteiger partial charge in [-0.3, -0.25) is 0 Å². The van der Waals surface area contributed by atoms with E-state index < -0.39 is 0 Å². The van der Waals surface area contributed by atoms with E-state index in [0.29, 0.717) is 0 Å². The zero-order valence-corrected chi connectivity index (χ0v) is 9.25. The van der Waals surface area contributed by atoms with Crippen LogP contribution in [0.4, 0.5) is 0 Å². The zero-order valence-electron chi connectivity index (χ0n) is 8.36. The third-order valence-electron chi connectivity index (χ3n) is 1.84. The van der Waals surface area contributed by atoms with Crippen LogP contribution in [-0.2, 0) is 0 Å². The molecule has 0 saturated heterocycles. The standard InChI is InChI=1S/C11H14O2S/c1-12-10-6-5-9(4-3-7-14)11(8-10)13-2/h3-6,8,14H,7H2,1-2H3. The lowest BCUT2D eigenvalue weighted by Gasteiger charge is -2.06. The summed E-state index contributed by atoms with van der Waals surface area (Å²) in [6, 6.07) is 5.72. The number of methoxy groups -OCH3 is 2. The minimum atomic E-state index is 0.717. The lowest BCUT2D eigenvalue weighted by atomic mass is 10.2. The third-order valence-corrected chi connectivity index (χ3v) is 2.05. The molecule has 0 fully saturated rings. The second kappa shape index (κ2) is 5.60. The van der Waals surface area contributed by atoms with Crippen molar-refractivity contribution >= 4 is 18.7 Å². The van der Waals surface area contributed by atoms with Crippen molar-refractivity contribution in [1.82, 2.24) is 0 Å². The highest BCUT2D eigenvalue weighted by Crippen LogP contribution is 2.25. The number of rotatable bonds is 4.